The standard InChI is InChI=1S/C16H26N4O6/c1-23-19-13(21)7-3-5-9-25-15-11-16(18-12-17-15)26-10-6-4-8-14(22)20-24-2/h11-12H,3-10H2,1-2H3,(H,19,21)(H,20,22). The highest BCUT2D eigenvalue weighted by molar-refractivity contribution is 5.74. The quantitative estimate of drug-likeness (QED) is 0.366. The molecule has 0 spiro atoms. The predicted octanol–water partition coefficient (Wildman–Crippen LogP) is 0.930. The maximum absolute atomic E-state index is 11.2. The van der Waals surface area contributed by atoms with Crippen LogP contribution in [0.25, 0.3) is 0 Å². The summed E-state index contributed by atoms with van der Waals surface area (Å²) in [6.45, 7) is 0.872. The van der Waals surface area contributed by atoms with E-state index in [0.29, 0.717) is 63.5 Å². The number of nitrogens with zero attached hydrogens (tertiary/aromatic N) is 2. The third-order valence-corrected chi connectivity index (χ3v) is 3.14. The van der Waals surface area contributed by atoms with Gasteiger partial charge in [0.2, 0.25) is 23.6 Å². The summed E-state index contributed by atoms with van der Waals surface area (Å²) in [6.07, 6.45) is 4.89. The summed E-state index contributed by atoms with van der Waals surface area (Å²) < 4.78 is 11.0. The lowest BCUT2D eigenvalue weighted by atomic mass is 10.2. The van der Waals surface area contributed by atoms with Crippen molar-refractivity contribution in [3.63, 3.8) is 0 Å². The monoisotopic (exact) mass is 370 g/mol. The van der Waals surface area contributed by atoms with Crippen molar-refractivity contribution in [1.29, 1.82) is 0 Å². The fourth-order valence-corrected chi connectivity index (χ4v) is 1.94. The summed E-state index contributed by atoms with van der Waals surface area (Å²) in [6, 6.07) is 1.61. The van der Waals surface area contributed by atoms with Crippen molar-refractivity contribution >= 4 is 11.8 Å². The minimum atomic E-state index is -0.162. The summed E-state index contributed by atoms with van der Waals surface area (Å²) in [5.41, 5.74) is 4.51. The lowest BCUT2D eigenvalue weighted by Gasteiger charge is -2.08. The zero-order valence-corrected chi connectivity index (χ0v) is 15.2. The van der Waals surface area contributed by atoms with E-state index in [1.807, 2.05) is 0 Å². The zero-order valence-electron chi connectivity index (χ0n) is 15.2. The average Bonchev–Trinajstić information content (AvgIpc) is 2.62. The molecular formula is C16H26N4O6. The van der Waals surface area contributed by atoms with Gasteiger partial charge in [0.1, 0.15) is 6.33 Å². The minimum Gasteiger partial charge on any atom is -0.477 e. The summed E-state index contributed by atoms with van der Waals surface area (Å²) in [7, 11) is 2.79. The van der Waals surface area contributed by atoms with E-state index in [-0.39, 0.29) is 11.8 Å². The van der Waals surface area contributed by atoms with Gasteiger partial charge in [-0.05, 0) is 25.7 Å². The van der Waals surface area contributed by atoms with E-state index in [2.05, 4.69) is 30.6 Å². The molecule has 1 rings (SSSR count). The fraction of sp³-hybridized carbons (Fsp3) is 0.625. The van der Waals surface area contributed by atoms with Gasteiger partial charge in [-0.15, -0.1) is 0 Å². The van der Waals surface area contributed by atoms with E-state index < -0.39 is 0 Å². The Morgan fingerprint density at radius 1 is 0.846 bits per heavy atom. The SMILES string of the molecule is CONC(=O)CCCCOc1cc(OCCCCC(=O)NOC)ncn1. The van der Waals surface area contributed by atoms with Crippen LogP contribution in [0.5, 0.6) is 11.8 Å². The number of unbranched alkanes of at least 4 members (excludes halogenated alkanes) is 2. The van der Waals surface area contributed by atoms with Gasteiger partial charge in [0, 0.05) is 12.8 Å². The molecule has 2 N–H and O–H groups in total. The molecule has 0 bridgehead atoms. The molecule has 0 aliphatic heterocycles. The Morgan fingerprint density at radius 2 is 1.31 bits per heavy atom. The van der Waals surface area contributed by atoms with Crippen molar-refractivity contribution in [2.45, 2.75) is 38.5 Å². The largest absolute Gasteiger partial charge is 0.477 e. The molecule has 0 unspecified atom stereocenters. The number of hydrogen-bond donors (Lipinski definition) is 2. The fourth-order valence-electron chi connectivity index (χ4n) is 1.94. The molecule has 1 aromatic rings. The van der Waals surface area contributed by atoms with Gasteiger partial charge < -0.3 is 9.47 Å². The van der Waals surface area contributed by atoms with Gasteiger partial charge in [-0.25, -0.2) is 20.9 Å². The first kappa shape index (κ1) is 21.6. The average molecular weight is 370 g/mol. The summed E-state index contributed by atoms with van der Waals surface area (Å²) in [5.74, 6) is 0.501. The number of carbonyl (C=O) groups is 2. The highest BCUT2D eigenvalue weighted by Crippen LogP contribution is 2.14. The molecule has 1 heterocycles. The molecule has 0 radical (unpaired) electrons. The molecule has 0 aromatic carbocycles. The molecule has 0 atom stereocenters. The van der Waals surface area contributed by atoms with Crippen molar-refractivity contribution in [1.82, 2.24) is 20.9 Å². The Morgan fingerprint density at radius 3 is 1.73 bits per heavy atom. The highest BCUT2D eigenvalue weighted by Gasteiger charge is 2.04. The van der Waals surface area contributed by atoms with Crippen LogP contribution in [0.15, 0.2) is 12.4 Å². The molecule has 0 fully saturated rings. The van der Waals surface area contributed by atoms with E-state index in [4.69, 9.17) is 9.47 Å². The molecule has 1 aromatic heterocycles. The highest BCUT2D eigenvalue weighted by atomic mass is 16.6. The van der Waals surface area contributed by atoms with Gasteiger partial charge in [-0.1, -0.05) is 0 Å². The van der Waals surface area contributed by atoms with Crippen molar-refractivity contribution < 1.29 is 28.7 Å². The van der Waals surface area contributed by atoms with E-state index >= 15 is 0 Å². The Labute approximate surface area is 152 Å². The first-order chi connectivity index (χ1) is 12.7. The van der Waals surface area contributed by atoms with Gasteiger partial charge in [-0.3, -0.25) is 19.3 Å². The molecule has 10 nitrogen and oxygen atoms in total. The Hall–Kier alpha value is -2.46. The predicted molar refractivity (Wildman–Crippen MR) is 91.0 cm³/mol. The number of hydroxylamine groups is 2. The van der Waals surface area contributed by atoms with E-state index in [1.54, 1.807) is 6.07 Å². The third-order valence-electron chi connectivity index (χ3n) is 3.14. The number of nitrogens with one attached hydrogen (secondary N) is 2. The third kappa shape index (κ3) is 10.4. The molecule has 0 aliphatic carbocycles. The first-order valence-electron chi connectivity index (χ1n) is 8.37. The van der Waals surface area contributed by atoms with Crippen molar-refractivity contribution in [3.05, 3.63) is 12.4 Å². The maximum Gasteiger partial charge on any atom is 0.243 e. The topological polar surface area (TPSA) is 121 Å². The van der Waals surface area contributed by atoms with Crippen molar-refractivity contribution in [2.75, 3.05) is 27.4 Å². The van der Waals surface area contributed by atoms with Crippen LogP contribution >= 0.6 is 0 Å². The molecular weight excluding hydrogens is 344 g/mol. The molecule has 10 heteroatoms. The van der Waals surface area contributed by atoms with Crippen LogP contribution < -0.4 is 20.4 Å². The Bertz CT molecular complexity index is 500. The second-order valence-corrected chi connectivity index (χ2v) is 5.26. The van der Waals surface area contributed by atoms with Crippen LogP contribution in [-0.2, 0) is 19.3 Å². The summed E-state index contributed by atoms with van der Waals surface area (Å²) in [4.78, 5) is 39.5. The van der Waals surface area contributed by atoms with Crippen LogP contribution in [0.3, 0.4) is 0 Å². The van der Waals surface area contributed by atoms with Crippen molar-refractivity contribution in [3.8, 4) is 11.8 Å². The second kappa shape index (κ2) is 13.8. The van der Waals surface area contributed by atoms with Crippen LogP contribution in [-0.4, -0.2) is 49.2 Å². The normalized spacial score (nSPS) is 10.2. The van der Waals surface area contributed by atoms with Crippen LogP contribution in [0.1, 0.15) is 38.5 Å². The van der Waals surface area contributed by atoms with E-state index in [0.717, 1.165) is 0 Å². The van der Waals surface area contributed by atoms with Gasteiger partial charge >= 0.3 is 0 Å². The zero-order chi connectivity index (χ0) is 19.0. The molecule has 26 heavy (non-hydrogen) atoms. The minimum absolute atomic E-state index is 0.162. The number of aromatic nitrogens is 2. The number of ether oxygens (including phenoxy) is 2. The number of amides is 2. The van der Waals surface area contributed by atoms with E-state index in [9.17, 15) is 9.59 Å². The lowest BCUT2D eigenvalue weighted by Crippen LogP contribution is -2.21. The van der Waals surface area contributed by atoms with Gasteiger partial charge in [0.15, 0.2) is 0 Å². The van der Waals surface area contributed by atoms with Crippen LogP contribution in [0, 0.1) is 0 Å². The van der Waals surface area contributed by atoms with Crippen LogP contribution in [0.2, 0.25) is 0 Å². The molecule has 0 saturated carbocycles. The number of rotatable bonds is 14. The first-order valence-corrected chi connectivity index (χ1v) is 8.37. The van der Waals surface area contributed by atoms with Gasteiger partial charge in [0.05, 0.1) is 33.5 Å². The lowest BCUT2D eigenvalue weighted by molar-refractivity contribution is -0.132. The molecule has 2 amide bonds. The molecule has 0 aliphatic rings. The molecule has 0 saturated heterocycles. The van der Waals surface area contributed by atoms with Gasteiger partial charge in [0.25, 0.3) is 0 Å². The summed E-state index contributed by atoms with van der Waals surface area (Å²) in [5, 5.41) is 0. The summed E-state index contributed by atoms with van der Waals surface area (Å²) >= 11 is 0. The maximum atomic E-state index is 11.2. The Balaban J connectivity index is 2.16. The second-order valence-electron chi connectivity index (χ2n) is 5.26. The molecule has 146 valence electrons. The number of carbonyl (C=O) groups excluding carboxylic acids is 2. The van der Waals surface area contributed by atoms with E-state index in [1.165, 1.54) is 20.5 Å². The van der Waals surface area contributed by atoms with Crippen molar-refractivity contribution in [2.24, 2.45) is 0 Å². The number of hydrogen-bond acceptors (Lipinski definition) is 8. The smallest absolute Gasteiger partial charge is 0.243 e. The van der Waals surface area contributed by atoms with Gasteiger partial charge in [-0.2, -0.15) is 0 Å². The Kier molecular flexibility index (Phi) is 11.4. The van der Waals surface area contributed by atoms with Crippen LogP contribution in [0.4, 0.5) is 0 Å².